The molecule has 0 saturated heterocycles. The van der Waals surface area contributed by atoms with Crippen LogP contribution in [0.15, 0.2) is 156 Å². The van der Waals surface area contributed by atoms with Crippen LogP contribution in [-0.2, 0) is 0 Å². The highest BCUT2D eigenvalue weighted by molar-refractivity contribution is 6.27. The Hall–Kier alpha value is -6.52. The molecule has 0 N–H and O–H groups in total. The molecular formula is C44H25N3O. The minimum Gasteiger partial charge on any atom is -0.456 e. The molecule has 11 rings (SSSR count). The quantitative estimate of drug-likeness (QED) is 0.183. The van der Waals surface area contributed by atoms with Gasteiger partial charge in [-0.25, -0.2) is 9.97 Å². The Bertz CT molecular complexity index is 3130. The third-order valence-corrected chi connectivity index (χ3v) is 9.95. The van der Waals surface area contributed by atoms with E-state index in [0.29, 0.717) is 0 Å². The van der Waals surface area contributed by atoms with Crippen LogP contribution in [0.5, 0.6) is 0 Å². The van der Waals surface area contributed by atoms with Gasteiger partial charge in [0, 0.05) is 32.5 Å². The molecule has 4 heteroatoms. The minimum absolute atomic E-state index is 0.792. The molecule has 8 aromatic carbocycles. The first-order chi connectivity index (χ1) is 23.8. The molecule has 0 saturated carbocycles. The van der Waals surface area contributed by atoms with Crippen LogP contribution in [0.2, 0.25) is 0 Å². The van der Waals surface area contributed by atoms with E-state index in [1.54, 1.807) is 0 Å². The zero-order valence-corrected chi connectivity index (χ0v) is 25.7. The zero-order valence-electron chi connectivity index (χ0n) is 25.7. The van der Waals surface area contributed by atoms with Crippen LogP contribution in [0.4, 0.5) is 0 Å². The molecular weight excluding hydrogens is 587 g/mol. The van der Waals surface area contributed by atoms with Gasteiger partial charge in [-0.1, -0.05) is 115 Å². The van der Waals surface area contributed by atoms with Crippen LogP contribution in [0.3, 0.4) is 0 Å². The predicted octanol–water partition coefficient (Wildman–Crippen LogP) is 11.8. The number of fused-ring (bicyclic) bond motifs is 13. The lowest BCUT2D eigenvalue weighted by Crippen LogP contribution is -2.04. The van der Waals surface area contributed by atoms with Crippen LogP contribution >= 0.6 is 0 Å². The molecule has 3 heterocycles. The molecule has 0 aliphatic heterocycles. The van der Waals surface area contributed by atoms with Gasteiger partial charge in [-0.15, -0.1) is 0 Å². The number of aromatic nitrogens is 3. The van der Waals surface area contributed by atoms with Crippen LogP contribution in [0.25, 0.3) is 104 Å². The van der Waals surface area contributed by atoms with E-state index in [1.807, 2.05) is 36.4 Å². The van der Waals surface area contributed by atoms with Crippen molar-refractivity contribution in [2.45, 2.75) is 0 Å². The highest BCUT2D eigenvalue weighted by Crippen LogP contribution is 2.42. The van der Waals surface area contributed by atoms with Crippen molar-refractivity contribution in [3.63, 3.8) is 0 Å². The van der Waals surface area contributed by atoms with Gasteiger partial charge in [0.15, 0.2) is 5.82 Å². The van der Waals surface area contributed by atoms with Gasteiger partial charge in [0.05, 0.1) is 22.1 Å². The monoisotopic (exact) mass is 611 g/mol. The Morgan fingerprint density at radius 1 is 0.438 bits per heavy atom. The average Bonchev–Trinajstić information content (AvgIpc) is 3.69. The van der Waals surface area contributed by atoms with E-state index in [1.165, 1.54) is 43.1 Å². The second kappa shape index (κ2) is 9.50. The number of para-hydroxylation sites is 4. The van der Waals surface area contributed by atoms with Crippen molar-refractivity contribution in [1.82, 2.24) is 14.5 Å². The van der Waals surface area contributed by atoms with Crippen molar-refractivity contribution in [3.8, 4) is 17.1 Å². The summed E-state index contributed by atoms with van der Waals surface area (Å²) in [6, 6.07) is 53.6. The van der Waals surface area contributed by atoms with Gasteiger partial charge in [0.25, 0.3) is 0 Å². The molecule has 48 heavy (non-hydrogen) atoms. The van der Waals surface area contributed by atoms with E-state index in [4.69, 9.17) is 14.4 Å². The third-order valence-electron chi connectivity index (χ3n) is 9.95. The van der Waals surface area contributed by atoms with Crippen LogP contribution in [-0.4, -0.2) is 14.5 Å². The standard InChI is InChI=1S/C44H25N3O/c1-2-10-29-26(9-1)17-18-27-19-22-35-33(41(27)29)23-24-34-30-11-3-7-15-38(30)47(43(34)35)44-42(45-36-13-5-6-14-37(36)46-44)28-20-21-32-31-12-4-8-16-39(31)48-40(32)25-28/h1-25H. The molecule has 0 fully saturated rings. The maximum Gasteiger partial charge on any atom is 0.165 e. The lowest BCUT2D eigenvalue weighted by atomic mass is 9.95. The molecule has 0 aliphatic rings. The SMILES string of the molecule is c1ccc2c(c1)ccc1ccc3c(ccc4c5ccccc5n(-c5nc6ccccc6nc5-c5ccc6c(c5)oc5ccccc56)c34)c12. The lowest BCUT2D eigenvalue weighted by Gasteiger charge is -2.15. The summed E-state index contributed by atoms with van der Waals surface area (Å²) in [7, 11) is 0. The number of hydrogen-bond donors (Lipinski definition) is 0. The second-order valence-electron chi connectivity index (χ2n) is 12.6. The van der Waals surface area contributed by atoms with Crippen LogP contribution in [0.1, 0.15) is 0 Å². The van der Waals surface area contributed by atoms with E-state index in [0.717, 1.165) is 61.1 Å². The Balaban J connectivity index is 1.30. The Morgan fingerprint density at radius 2 is 1.06 bits per heavy atom. The van der Waals surface area contributed by atoms with Gasteiger partial charge in [-0.05, 0) is 63.3 Å². The molecule has 0 spiro atoms. The van der Waals surface area contributed by atoms with E-state index >= 15 is 0 Å². The first kappa shape index (κ1) is 25.6. The summed E-state index contributed by atoms with van der Waals surface area (Å²) in [4.78, 5) is 10.7. The summed E-state index contributed by atoms with van der Waals surface area (Å²) in [6.45, 7) is 0. The van der Waals surface area contributed by atoms with Gasteiger partial charge in [0.1, 0.15) is 16.9 Å². The van der Waals surface area contributed by atoms with Crippen molar-refractivity contribution >= 4 is 87.1 Å². The predicted molar refractivity (Wildman–Crippen MR) is 199 cm³/mol. The van der Waals surface area contributed by atoms with Crippen LogP contribution < -0.4 is 0 Å². The number of hydrogen-bond acceptors (Lipinski definition) is 3. The van der Waals surface area contributed by atoms with E-state index < -0.39 is 0 Å². The molecule has 0 radical (unpaired) electrons. The molecule has 222 valence electrons. The average molecular weight is 612 g/mol. The maximum absolute atomic E-state index is 6.35. The molecule has 0 unspecified atom stereocenters. The lowest BCUT2D eigenvalue weighted by molar-refractivity contribution is 0.669. The normalized spacial score (nSPS) is 12.2. The van der Waals surface area contributed by atoms with Gasteiger partial charge >= 0.3 is 0 Å². The number of rotatable bonds is 2. The van der Waals surface area contributed by atoms with Gasteiger partial charge in [-0.2, -0.15) is 0 Å². The molecule has 0 amide bonds. The summed E-state index contributed by atoms with van der Waals surface area (Å²) in [5.74, 6) is 0.792. The fraction of sp³-hybridized carbons (Fsp3) is 0. The maximum atomic E-state index is 6.35. The summed E-state index contributed by atoms with van der Waals surface area (Å²) in [5.41, 5.74) is 7.39. The molecule has 3 aromatic heterocycles. The van der Waals surface area contributed by atoms with Crippen molar-refractivity contribution in [1.29, 1.82) is 0 Å². The Labute approximate surface area is 274 Å². The van der Waals surface area contributed by atoms with E-state index in [9.17, 15) is 0 Å². The summed E-state index contributed by atoms with van der Waals surface area (Å²) in [5, 5.41) is 12.0. The highest BCUT2D eigenvalue weighted by atomic mass is 16.3. The van der Waals surface area contributed by atoms with Crippen LogP contribution in [0, 0.1) is 0 Å². The first-order valence-corrected chi connectivity index (χ1v) is 16.3. The Morgan fingerprint density at radius 3 is 1.98 bits per heavy atom. The number of benzene rings is 8. The van der Waals surface area contributed by atoms with Crippen molar-refractivity contribution in [2.24, 2.45) is 0 Å². The molecule has 4 nitrogen and oxygen atoms in total. The van der Waals surface area contributed by atoms with E-state index in [2.05, 4.69) is 120 Å². The van der Waals surface area contributed by atoms with Gasteiger partial charge < -0.3 is 4.42 Å². The minimum atomic E-state index is 0.792. The van der Waals surface area contributed by atoms with Gasteiger partial charge in [-0.3, -0.25) is 4.57 Å². The number of furan rings is 1. The highest BCUT2D eigenvalue weighted by Gasteiger charge is 2.22. The molecule has 0 atom stereocenters. The summed E-state index contributed by atoms with van der Waals surface area (Å²) >= 11 is 0. The number of nitrogens with zero attached hydrogens (tertiary/aromatic N) is 3. The summed E-state index contributed by atoms with van der Waals surface area (Å²) < 4.78 is 8.69. The first-order valence-electron chi connectivity index (χ1n) is 16.3. The largest absolute Gasteiger partial charge is 0.456 e. The molecule has 0 aliphatic carbocycles. The van der Waals surface area contributed by atoms with Crippen molar-refractivity contribution in [3.05, 3.63) is 152 Å². The van der Waals surface area contributed by atoms with Crippen molar-refractivity contribution < 1.29 is 4.42 Å². The van der Waals surface area contributed by atoms with Crippen molar-refractivity contribution in [2.75, 3.05) is 0 Å². The fourth-order valence-corrected chi connectivity index (χ4v) is 7.80. The molecule has 0 bridgehead atoms. The smallest absolute Gasteiger partial charge is 0.165 e. The second-order valence-corrected chi connectivity index (χ2v) is 12.6. The molecule has 11 aromatic rings. The zero-order chi connectivity index (χ0) is 31.3. The summed E-state index contributed by atoms with van der Waals surface area (Å²) in [6.07, 6.45) is 0. The third kappa shape index (κ3) is 3.49. The fourth-order valence-electron chi connectivity index (χ4n) is 7.80. The van der Waals surface area contributed by atoms with Gasteiger partial charge in [0.2, 0.25) is 0 Å². The van der Waals surface area contributed by atoms with E-state index in [-0.39, 0.29) is 0 Å². The Kier molecular flexibility index (Phi) is 5.08. The topological polar surface area (TPSA) is 43.9 Å².